The first kappa shape index (κ1) is 15.8. The van der Waals surface area contributed by atoms with Crippen LogP contribution in [0.4, 0.5) is 0 Å². The number of hydrogen-bond donors (Lipinski definition) is 1. The first-order chi connectivity index (χ1) is 10.2. The number of nitrogens with zero attached hydrogens (tertiary/aromatic N) is 2. The molecule has 2 aromatic rings. The maximum absolute atomic E-state index is 8.93. The number of thiazole rings is 1. The fourth-order valence-corrected chi connectivity index (χ4v) is 2.92. The van der Waals surface area contributed by atoms with Gasteiger partial charge >= 0.3 is 0 Å². The number of aliphatic hydroxyl groups excluding tert-OH is 1. The number of rotatable bonds is 7. The molecule has 5 nitrogen and oxygen atoms in total. The molecule has 0 aliphatic heterocycles. The van der Waals surface area contributed by atoms with Gasteiger partial charge < -0.3 is 14.6 Å². The second-order valence-corrected chi connectivity index (χ2v) is 5.50. The molecule has 0 bridgehead atoms. The smallest absolute Gasteiger partial charge is 0.170 e. The van der Waals surface area contributed by atoms with Crippen LogP contribution in [-0.2, 0) is 6.54 Å². The normalized spacial score (nSPS) is 10.9. The maximum atomic E-state index is 8.93. The van der Waals surface area contributed by atoms with Crippen molar-refractivity contribution in [2.45, 2.75) is 6.54 Å². The van der Waals surface area contributed by atoms with Crippen LogP contribution in [0.15, 0.2) is 23.6 Å². The van der Waals surface area contributed by atoms with Gasteiger partial charge in [-0.2, -0.15) is 0 Å². The quantitative estimate of drug-likeness (QED) is 0.850. The third-order valence-electron chi connectivity index (χ3n) is 3.10. The van der Waals surface area contributed by atoms with Crippen LogP contribution < -0.4 is 9.47 Å². The van der Waals surface area contributed by atoms with Crippen molar-refractivity contribution in [1.82, 2.24) is 9.88 Å². The summed E-state index contributed by atoms with van der Waals surface area (Å²) in [5.41, 5.74) is 1.91. The van der Waals surface area contributed by atoms with Gasteiger partial charge in [-0.1, -0.05) is 6.07 Å². The molecule has 0 spiro atoms. The fraction of sp³-hybridized carbons (Fsp3) is 0.400. The third kappa shape index (κ3) is 3.72. The minimum Gasteiger partial charge on any atom is -0.493 e. The van der Waals surface area contributed by atoms with Gasteiger partial charge in [0, 0.05) is 18.5 Å². The minimum absolute atomic E-state index is 0.150. The number of methoxy groups -OCH3 is 2. The lowest BCUT2D eigenvalue weighted by molar-refractivity contribution is 0.216. The summed E-state index contributed by atoms with van der Waals surface area (Å²) in [6.45, 7) is 1.50. The second kappa shape index (κ2) is 7.40. The van der Waals surface area contributed by atoms with Crippen molar-refractivity contribution in [3.05, 3.63) is 29.3 Å². The van der Waals surface area contributed by atoms with E-state index >= 15 is 0 Å². The maximum Gasteiger partial charge on any atom is 0.170 e. The van der Waals surface area contributed by atoms with E-state index in [1.165, 1.54) is 0 Å². The molecule has 1 heterocycles. The van der Waals surface area contributed by atoms with E-state index in [1.54, 1.807) is 25.6 Å². The van der Waals surface area contributed by atoms with Crippen molar-refractivity contribution in [3.8, 4) is 22.1 Å². The van der Waals surface area contributed by atoms with E-state index in [1.807, 2.05) is 35.5 Å². The van der Waals surface area contributed by atoms with Crippen molar-refractivity contribution in [2.75, 3.05) is 34.4 Å². The molecule has 0 unspecified atom stereocenters. The van der Waals surface area contributed by atoms with Crippen LogP contribution in [0.25, 0.3) is 10.6 Å². The Morgan fingerprint density at radius 1 is 1.29 bits per heavy atom. The molecule has 0 fully saturated rings. The van der Waals surface area contributed by atoms with Gasteiger partial charge in [0.05, 0.1) is 32.1 Å². The molecule has 0 saturated carbocycles. The SMILES string of the molecule is COc1cccc(-c2nc(CN(C)CCO)cs2)c1OC. The Kier molecular flexibility index (Phi) is 5.55. The van der Waals surface area contributed by atoms with E-state index in [-0.39, 0.29) is 6.61 Å². The summed E-state index contributed by atoms with van der Waals surface area (Å²) in [6.07, 6.45) is 0. The number of hydrogen-bond acceptors (Lipinski definition) is 6. The number of aliphatic hydroxyl groups is 1. The Bertz CT molecular complexity index is 586. The lowest BCUT2D eigenvalue weighted by Crippen LogP contribution is -2.21. The Labute approximate surface area is 128 Å². The minimum atomic E-state index is 0.150. The van der Waals surface area contributed by atoms with Gasteiger partial charge in [-0.15, -0.1) is 11.3 Å². The van der Waals surface area contributed by atoms with Gasteiger partial charge in [0.25, 0.3) is 0 Å². The molecule has 6 heteroatoms. The standard InChI is InChI=1S/C15H20N2O3S/c1-17(7-8-18)9-11-10-21-15(16-11)12-5-4-6-13(19-2)14(12)20-3/h4-6,10,18H,7-9H2,1-3H3. The van der Waals surface area contributed by atoms with Gasteiger partial charge in [-0.3, -0.25) is 4.90 Å². The highest BCUT2D eigenvalue weighted by atomic mass is 32.1. The zero-order valence-corrected chi connectivity index (χ0v) is 13.3. The number of para-hydroxylation sites is 1. The highest BCUT2D eigenvalue weighted by molar-refractivity contribution is 7.13. The molecule has 1 N–H and O–H groups in total. The lowest BCUT2D eigenvalue weighted by Gasteiger charge is -2.13. The fourth-order valence-electron chi connectivity index (χ4n) is 2.09. The van der Waals surface area contributed by atoms with Crippen LogP contribution in [0.5, 0.6) is 11.5 Å². The summed E-state index contributed by atoms with van der Waals surface area (Å²) in [4.78, 5) is 6.68. The molecule has 0 amide bonds. The van der Waals surface area contributed by atoms with Crippen LogP contribution in [0, 0.1) is 0 Å². The second-order valence-electron chi connectivity index (χ2n) is 4.65. The number of likely N-dealkylation sites (N-methyl/N-ethyl adjacent to an activating group) is 1. The van der Waals surface area contributed by atoms with Gasteiger partial charge in [0.15, 0.2) is 11.5 Å². The van der Waals surface area contributed by atoms with E-state index in [9.17, 15) is 0 Å². The molecule has 114 valence electrons. The Balaban J connectivity index is 2.25. The summed E-state index contributed by atoms with van der Waals surface area (Å²) in [7, 11) is 5.21. The summed E-state index contributed by atoms with van der Waals surface area (Å²) < 4.78 is 10.8. The molecule has 0 aliphatic carbocycles. The average molecular weight is 308 g/mol. The van der Waals surface area contributed by atoms with E-state index < -0.39 is 0 Å². The van der Waals surface area contributed by atoms with Crippen LogP contribution in [0.2, 0.25) is 0 Å². The zero-order valence-electron chi connectivity index (χ0n) is 12.5. The number of benzene rings is 1. The topological polar surface area (TPSA) is 54.8 Å². The van der Waals surface area contributed by atoms with Crippen LogP contribution in [0.1, 0.15) is 5.69 Å². The monoisotopic (exact) mass is 308 g/mol. The molecule has 0 radical (unpaired) electrons. The summed E-state index contributed by atoms with van der Waals surface area (Å²) in [5.74, 6) is 1.40. The highest BCUT2D eigenvalue weighted by Crippen LogP contribution is 2.38. The van der Waals surface area contributed by atoms with Crippen molar-refractivity contribution >= 4 is 11.3 Å². The largest absolute Gasteiger partial charge is 0.493 e. The first-order valence-corrected chi connectivity index (χ1v) is 7.52. The van der Waals surface area contributed by atoms with Crippen molar-refractivity contribution in [2.24, 2.45) is 0 Å². The molecule has 1 aromatic carbocycles. The van der Waals surface area contributed by atoms with Gasteiger partial charge in [0.2, 0.25) is 0 Å². The van der Waals surface area contributed by atoms with E-state index in [2.05, 4.69) is 4.98 Å². The van der Waals surface area contributed by atoms with E-state index in [4.69, 9.17) is 14.6 Å². The Morgan fingerprint density at radius 3 is 2.76 bits per heavy atom. The molecule has 2 rings (SSSR count). The zero-order chi connectivity index (χ0) is 15.2. The Hall–Kier alpha value is -1.63. The van der Waals surface area contributed by atoms with Crippen molar-refractivity contribution in [1.29, 1.82) is 0 Å². The van der Waals surface area contributed by atoms with Crippen molar-refractivity contribution in [3.63, 3.8) is 0 Å². The summed E-state index contributed by atoms with van der Waals surface area (Å²) in [6, 6.07) is 5.77. The molecule has 0 saturated heterocycles. The predicted molar refractivity (Wildman–Crippen MR) is 84.1 cm³/mol. The summed E-state index contributed by atoms with van der Waals surface area (Å²) in [5, 5.41) is 11.9. The van der Waals surface area contributed by atoms with Crippen LogP contribution in [0.3, 0.4) is 0 Å². The molecular weight excluding hydrogens is 288 g/mol. The first-order valence-electron chi connectivity index (χ1n) is 6.64. The number of ether oxygens (including phenoxy) is 2. The van der Waals surface area contributed by atoms with E-state index in [0.29, 0.717) is 24.6 Å². The highest BCUT2D eigenvalue weighted by Gasteiger charge is 2.14. The van der Waals surface area contributed by atoms with Gasteiger partial charge in [-0.05, 0) is 19.2 Å². The number of aromatic nitrogens is 1. The molecule has 0 aliphatic rings. The molecule has 0 atom stereocenters. The van der Waals surface area contributed by atoms with Crippen LogP contribution >= 0.6 is 11.3 Å². The van der Waals surface area contributed by atoms with Crippen molar-refractivity contribution < 1.29 is 14.6 Å². The van der Waals surface area contributed by atoms with Gasteiger partial charge in [0.1, 0.15) is 5.01 Å². The summed E-state index contributed by atoms with van der Waals surface area (Å²) >= 11 is 1.58. The molecular formula is C15H20N2O3S. The Morgan fingerprint density at radius 2 is 2.10 bits per heavy atom. The van der Waals surface area contributed by atoms with Gasteiger partial charge in [-0.25, -0.2) is 4.98 Å². The van der Waals surface area contributed by atoms with Crippen LogP contribution in [-0.4, -0.2) is 49.4 Å². The average Bonchev–Trinajstić information content (AvgIpc) is 2.94. The molecule has 21 heavy (non-hydrogen) atoms. The van der Waals surface area contributed by atoms with E-state index in [0.717, 1.165) is 16.3 Å². The molecule has 1 aromatic heterocycles. The lowest BCUT2D eigenvalue weighted by atomic mass is 10.2. The predicted octanol–water partition coefficient (Wildman–Crippen LogP) is 2.25. The third-order valence-corrected chi connectivity index (χ3v) is 4.02.